The normalized spacial score (nSPS) is 17.9. The summed E-state index contributed by atoms with van der Waals surface area (Å²) >= 11 is 0. The fourth-order valence-electron chi connectivity index (χ4n) is 2.78. The molecular weight excluding hydrogens is 280 g/mol. The minimum Gasteiger partial charge on any atom is -0.481 e. The third kappa shape index (κ3) is 5.15. The Morgan fingerprint density at radius 1 is 1.27 bits per heavy atom. The lowest BCUT2D eigenvalue weighted by atomic mass is 9.99. The van der Waals surface area contributed by atoms with Crippen molar-refractivity contribution in [2.75, 3.05) is 19.6 Å². The number of nitrogens with zero attached hydrogens (tertiary/aromatic N) is 1. The molecule has 2 N–H and O–H groups in total. The Morgan fingerprint density at radius 2 is 1.91 bits per heavy atom. The van der Waals surface area contributed by atoms with Crippen molar-refractivity contribution < 1.29 is 14.7 Å². The number of likely N-dealkylation sites (tertiary alicyclic amines) is 1. The maximum Gasteiger partial charge on any atom is 0.305 e. The quantitative estimate of drug-likeness (QED) is 0.844. The second-order valence-corrected chi connectivity index (χ2v) is 6.09. The first-order valence-electron chi connectivity index (χ1n) is 7.83. The van der Waals surface area contributed by atoms with Crippen LogP contribution in [0.2, 0.25) is 0 Å². The first-order chi connectivity index (χ1) is 10.5. The molecule has 0 saturated carbocycles. The Kier molecular flexibility index (Phi) is 5.95. The summed E-state index contributed by atoms with van der Waals surface area (Å²) in [6.45, 7) is 4.44. The van der Waals surface area contributed by atoms with Crippen LogP contribution in [-0.4, -0.2) is 41.5 Å². The Labute approximate surface area is 131 Å². The molecule has 1 atom stereocenters. The van der Waals surface area contributed by atoms with Crippen molar-refractivity contribution in [3.8, 4) is 0 Å². The summed E-state index contributed by atoms with van der Waals surface area (Å²) in [5.41, 5.74) is 0.825. The summed E-state index contributed by atoms with van der Waals surface area (Å²) in [6, 6.07) is 8.78. The van der Waals surface area contributed by atoms with E-state index < -0.39 is 12.0 Å². The molecule has 1 unspecified atom stereocenters. The second-order valence-electron chi connectivity index (χ2n) is 6.09. The summed E-state index contributed by atoms with van der Waals surface area (Å²) in [6.07, 6.45) is 2.13. The van der Waals surface area contributed by atoms with Gasteiger partial charge in [0, 0.05) is 0 Å². The summed E-state index contributed by atoms with van der Waals surface area (Å²) in [5.74, 6) is -0.297. The summed E-state index contributed by atoms with van der Waals surface area (Å²) in [7, 11) is 0. The third-order valence-electron chi connectivity index (χ3n) is 4.16. The lowest BCUT2D eigenvalue weighted by Gasteiger charge is -2.30. The van der Waals surface area contributed by atoms with Gasteiger partial charge in [-0.1, -0.05) is 37.3 Å². The predicted molar refractivity (Wildman–Crippen MR) is 84.4 cm³/mol. The lowest BCUT2D eigenvalue weighted by Crippen LogP contribution is -2.42. The number of nitrogens with one attached hydrogen (secondary N) is 1. The van der Waals surface area contributed by atoms with Gasteiger partial charge < -0.3 is 10.4 Å². The minimum absolute atomic E-state index is 0.104. The van der Waals surface area contributed by atoms with Crippen molar-refractivity contribution in [1.82, 2.24) is 10.2 Å². The number of carbonyl (C=O) groups excluding carboxylic acids is 1. The first kappa shape index (κ1) is 16.5. The van der Waals surface area contributed by atoms with E-state index >= 15 is 0 Å². The van der Waals surface area contributed by atoms with Gasteiger partial charge >= 0.3 is 5.97 Å². The number of carboxylic acids is 1. The van der Waals surface area contributed by atoms with Crippen molar-refractivity contribution in [3.63, 3.8) is 0 Å². The van der Waals surface area contributed by atoms with E-state index in [1.165, 1.54) is 0 Å². The topological polar surface area (TPSA) is 69.6 Å². The van der Waals surface area contributed by atoms with Gasteiger partial charge in [-0.2, -0.15) is 0 Å². The summed E-state index contributed by atoms with van der Waals surface area (Å²) in [5, 5.41) is 11.9. The molecule has 1 amide bonds. The van der Waals surface area contributed by atoms with Crippen LogP contribution >= 0.6 is 0 Å². The van der Waals surface area contributed by atoms with Gasteiger partial charge in [0.15, 0.2) is 0 Å². The molecule has 0 aromatic heterocycles. The summed E-state index contributed by atoms with van der Waals surface area (Å²) < 4.78 is 0. The lowest BCUT2D eigenvalue weighted by molar-refractivity contribution is -0.137. The van der Waals surface area contributed by atoms with Crippen LogP contribution in [0.1, 0.15) is 37.8 Å². The zero-order valence-corrected chi connectivity index (χ0v) is 13.0. The molecule has 1 aliphatic heterocycles. The van der Waals surface area contributed by atoms with E-state index in [1.807, 2.05) is 30.3 Å². The van der Waals surface area contributed by atoms with Crippen LogP contribution < -0.4 is 5.32 Å². The fourth-order valence-corrected chi connectivity index (χ4v) is 2.78. The number of carboxylic acid groups (broad SMARTS) is 1. The molecule has 0 radical (unpaired) electrons. The number of hydrogen-bond donors (Lipinski definition) is 2. The zero-order chi connectivity index (χ0) is 15.9. The number of hydrogen-bond acceptors (Lipinski definition) is 3. The Bertz CT molecular complexity index is 496. The molecule has 2 rings (SSSR count). The van der Waals surface area contributed by atoms with Crippen LogP contribution in [0, 0.1) is 5.92 Å². The van der Waals surface area contributed by atoms with Crippen LogP contribution in [0.25, 0.3) is 0 Å². The molecule has 1 aromatic carbocycles. The van der Waals surface area contributed by atoms with Crippen molar-refractivity contribution in [3.05, 3.63) is 35.9 Å². The highest BCUT2D eigenvalue weighted by atomic mass is 16.4. The van der Waals surface area contributed by atoms with Gasteiger partial charge in [0.2, 0.25) is 5.91 Å². The van der Waals surface area contributed by atoms with Gasteiger partial charge in [-0.05, 0) is 37.4 Å². The Hall–Kier alpha value is -1.88. The number of carbonyl (C=O) groups is 2. The molecule has 1 saturated heterocycles. The smallest absolute Gasteiger partial charge is 0.305 e. The first-order valence-corrected chi connectivity index (χ1v) is 7.83. The number of rotatable bonds is 6. The summed E-state index contributed by atoms with van der Waals surface area (Å²) in [4.78, 5) is 25.4. The Balaban J connectivity index is 1.92. The van der Waals surface area contributed by atoms with Crippen molar-refractivity contribution >= 4 is 11.9 Å². The van der Waals surface area contributed by atoms with Crippen LogP contribution in [0.5, 0.6) is 0 Å². The van der Waals surface area contributed by atoms with Gasteiger partial charge in [-0.3, -0.25) is 14.5 Å². The molecule has 0 bridgehead atoms. The maximum atomic E-state index is 12.2. The van der Waals surface area contributed by atoms with Gasteiger partial charge in [-0.25, -0.2) is 0 Å². The predicted octanol–water partition coefficient (Wildman–Crippen LogP) is 2.05. The molecule has 1 heterocycles. The fraction of sp³-hybridized carbons (Fsp3) is 0.529. The SMILES string of the molecule is CC1CCN(CC(=O)NC(CC(=O)O)c2ccccc2)CC1. The third-order valence-corrected chi connectivity index (χ3v) is 4.16. The van der Waals surface area contributed by atoms with Crippen LogP contribution in [0.4, 0.5) is 0 Å². The Morgan fingerprint density at radius 3 is 2.50 bits per heavy atom. The van der Waals surface area contributed by atoms with E-state index in [0.717, 1.165) is 37.4 Å². The average molecular weight is 304 g/mol. The molecular formula is C17H24N2O3. The van der Waals surface area contributed by atoms with Gasteiger partial charge in [0.05, 0.1) is 19.0 Å². The van der Waals surface area contributed by atoms with Crippen molar-refractivity contribution in [1.29, 1.82) is 0 Å². The molecule has 1 aliphatic rings. The second kappa shape index (κ2) is 7.94. The average Bonchev–Trinajstić information content (AvgIpc) is 2.49. The minimum atomic E-state index is -0.916. The van der Waals surface area contributed by atoms with Gasteiger partial charge in [0.1, 0.15) is 0 Å². The van der Waals surface area contributed by atoms with E-state index in [0.29, 0.717) is 6.54 Å². The van der Waals surface area contributed by atoms with E-state index in [9.17, 15) is 9.59 Å². The van der Waals surface area contributed by atoms with Crippen LogP contribution in [0.15, 0.2) is 30.3 Å². The van der Waals surface area contributed by atoms with Gasteiger partial charge in [-0.15, -0.1) is 0 Å². The van der Waals surface area contributed by atoms with E-state index in [2.05, 4.69) is 17.1 Å². The zero-order valence-electron chi connectivity index (χ0n) is 13.0. The molecule has 22 heavy (non-hydrogen) atoms. The number of piperidine rings is 1. The standard InChI is InChI=1S/C17H24N2O3/c1-13-7-9-19(10-8-13)12-16(20)18-15(11-17(21)22)14-5-3-2-4-6-14/h2-6,13,15H,7-12H2,1H3,(H,18,20)(H,21,22). The molecule has 0 spiro atoms. The van der Waals surface area contributed by atoms with Crippen molar-refractivity contribution in [2.45, 2.75) is 32.2 Å². The van der Waals surface area contributed by atoms with E-state index in [1.54, 1.807) is 0 Å². The monoisotopic (exact) mass is 304 g/mol. The molecule has 5 nitrogen and oxygen atoms in total. The van der Waals surface area contributed by atoms with E-state index in [-0.39, 0.29) is 12.3 Å². The largest absolute Gasteiger partial charge is 0.481 e. The molecule has 5 heteroatoms. The van der Waals surface area contributed by atoms with Gasteiger partial charge in [0.25, 0.3) is 0 Å². The highest BCUT2D eigenvalue weighted by Gasteiger charge is 2.21. The van der Waals surface area contributed by atoms with E-state index in [4.69, 9.17) is 5.11 Å². The number of amides is 1. The van der Waals surface area contributed by atoms with Crippen molar-refractivity contribution in [2.24, 2.45) is 5.92 Å². The molecule has 1 fully saturated rings. The maximum absolute atomic E-state index is 12.2. The number of aliphatic carboxylic acids is 1. The number of benzene rings is 1. The molecule has 1 aromatic rings. The van der Waals surface area contributed by atoms with Crippen LogP contribution in [-0.2, 0) is 9.59 Å². The molecule has 120 valence electrons. The van der Waals surface area contributed by atoms with Crippen LogP contribution in [0.3, 0.4) is 0 Å². The highest BCUT2D eigenvalue weighted by molar-refractivity contribution is 5.79. The molecule has 0 aliphatic carbocycles. The highest BCUT2D eigenvalue weighted by Crippen LogP contribution is 2.18.